The van der Waals surface area contributed by atoms with Crippen molar-refractivity contribution in [2.24, 2.45) is 0 Å². The summed E-state index contributed by atoms with van der Waals surface area (Å²) in [7, 11) is 0. The summed E-state index contributed by atoms with van der Waals surface area (Å²) in [5.74, 6) is -1.19. The number of urea groups is 1. The fraction of sp³-hybridized carbons (Fsp3) is 0.316. The van der Waals surface area contributed by atoms with Crippen LogP contribution in [0.3, 0.4) is 0 Å². The summed E-state index contributed by atoms with van der Waals surface area (Å²) < 4.78 is 5.25. The lowest BCUT2D eigenvalue weighted by molar-refractivity contribution is -0.127. The first-order chi connectivity index (χ1) is 12.5. The lowest BCUT2D eigenvalue weighted by atomic mass is 9.96. The number of fused-ring (bicyclic) bond motifs is 1. The van der Waals surface area contributed by atoms with Crippen molar-refractivity contribution in [3.05, 3.63) is 51.7 Å². The van der Waals surface area contributed by atoms with Gasteiger partial charge in [-0.15, -0.1) is 11.3 Å². The van der Waals surface area contributed by atoms with E-state index in [-0.39, 0.29) is 0 Å². The van der Waals surface area contributed by atoms with Crippen molar-refractivity contribution < 1.29 is 19.1 Å². The Balaban J connectivity index is 1.54. The lowest BCUT2D eigenvalue weighted by Gasteiger charge is -2.15. The Morgan fingerprint density at radius 3 is 2.62 bits per heavy atom. The largest absolute Gasteiger partial charge is 0.449 e. The van der Waals surface area contributed by atoms with Gasteiger partial charge in [-0.2, -0.15) is 0 Å². The summed E-state index contributed by atoms with van der Waals surface area (Å²) in [5, 5.41) is 6.51. The van der Waals surface area contributed by atoms with Crippen LogP contribution in [0.1, 0.15) is 40.6 Å². The van der Waals surface area contributed by atoms with Gasteiger partial charge in [0.05, 0.1) is 5.56 Å². The Hall–Kier alpha value is -2.67. The number of amides is 3. The Bertz CT molecular complexity index is 816. The minimum Gasteiger partial charge on any atom is -0.449 e. The Morgan fingerprint density at radius 2 is 1.85 bits per heavy atom. The van der Waals surface area contributed by atoms with Gasteiger partial charge >= 0.3 is 12.0 Å². The molecular weight excluding hydrogens is 352 g/mol. The van der Waals surface area contributed by atoms with E-state index in [0.717, 1.165) is 31.2 Å². The van der Waals surface area contributed by atoms with Crippen molar-refractivity contribution in [3.63, 3.8) is 0 Å². The molecule has 0 spiro atoms. The molecule has 1 aromatic heterocycles. The maximum Gasteiger partial charge on any atom is 0.340 e. The van der Waals surface area contributed by atoms with Crippen LogP contribution in [-0.4, -0.2) is 24.0 Å². The van der Waals surface area contributed by atoms with Crippen LogP contribution in [0.15, 0.2) is 35.7 Å². The normalized spacial score (nSPS) is 14.0. The van der Waals surface area contributed by atoms with Gasteiger partial charge in [-0.25, -0.2) is 9.59 Å². The average molecular weight is 372 g/mol. The third-order valence-corrected chi connectivity index (χ3v) is 5.29. The quantitative estimate of drug-likeness (QED) is 0.804. The number of anilines is 1. The predicted octanol–water partition coefficient (Wildman–Crippen LogP) is 3.52. The van der Waals surface area contributed by atoms with Crippen LogP contribution in [0.5, 0.6) is 0 Å². The first kappa shape index (κ1) is 18.1. The molecule has 1 unspecified atom stereocenters. The molecule has 0 saturated heterocycles. The van der Waals surface area contributed by atoms with Gasteiger partial charge in [-0.05, 0) is 50.3 Å². The van der Waals surface area contributed by atoms with Crippen molar-refractivity contribution in [3.8, 4) is 0 Å². The number of imide groups is 1. The second kappa shape index (κ2) is 8.14. The van der Waals surface area contributed by atoms with Crippen molar-refractivity contribution >= 4 is 34.9 Å². The van der Waals surface area contributed by atoms with Crippen LogP contribution in [0.4, 0.5) is 10.5 Å². The summed E-state index contributed by atoms with van der Waals surface area (Å²) >= 11 is 1.56. The first-order valence-corrected chi connectivity index (χ1v) is 9.39. The summed E-state index contributed by atoms with van der Waals surface area (Å²) in [4.78, 5) is 37.5. The number of hydrogen-bond donors (Lipinski definition) is 2. The molecule has 2 N–H and O–H groups in total. The highest BCUT2D eigenvalue weighted by molar-refractivity contribution is 7.10. The molecule has 0 bridgehead atoms. The zero-order chi connectivity index (χ0) is 18.5. The number of ether oxygens (including phenoxy) is 1. The van der Waals surface area contributed by atoms with E-state index in [1.54, 1.807) is 41.0 Å². The standard InChI is InChI=1S/C19H20N2O4S/c1-12(17(22)21-19(24)20-13-7-3-2-4-8-13)25-18(23)15-11-26-16-10-6-5-9-14(15)16/h2-4,7-8,11-12H,5-6,9-10H2,1H3,(H2,20,21,22,24). The molecule has 136 valence electrons. The molecule has 3 rings (SSSR count). The zero-order valence-electron chi connectivity index (χ0n) is 14.4. The SMILES string of the molecule is CC(OC(=O)c1csc2c1CCCC2)C(=O)NC(=O)Nc1ccccc1. The number of para-hydroxylation sites is 1. The smallest absolute Gasteiger partial charge is 0.340 e. The Morgan fingerprint density at radius 1 is 1.12 bits per heavy atom. The van der Waals surface area contributed by atoms with E-state index in [1.807, 2.05) is 6.07 Å². The van der Waals surface area contributed by atoms with E-state index in [2.05, 4.69) is 10.6 Å². The minimum absolute atomic E-state index is 0.518. The predicted molar refractivity (Wildman–Crippen MR) is 99.4 cm³/mol. The summed E-state index contributed by atoms with van der Waals surface area (Å²) in [6.07, 6.45) is 2.98. The molecule has 3 amide bonds. The third kappa shape index (κ3) is 4.29. The van der Waals surface area contributed by atoms with Gasteiger partial charge in [0, 0.05) is 15.9 Å². The molecule has 0 aliphatic heterocycles. The second-order valence-corrected chi connectivity index (χ2v) is 7.08. The number of hydrogen-bond acceptors (Lipinski definition) is 5. The highest BCUT2D eigenvalue weighted by atomic mass is 32.1. The number of rotatable bonds is 4. The summed E-state index contributed by atoms with van der Waals surface area (Å²) in [6, 6.07) is 8.09. The van der Waals surface area contributed by atoms with Crippen LogP contribution in [0, 0.1) is 0 Å². The van der Waals surface area contributed by atoms with Gasteiger partial charge in [0.2, 0.25) is 0 Å². The molecule has 1 aliphatic carbocycles. The van der Waals surface area contributed by atoms with E-state index in [0.29, 0.717) is 11.3 Å². The molecule has 1 heterocycles. The summed E-state index contributed by atoms with van der Waals surface area (Å²) in [5.41, 5.74) is 2.14. The zero-order valence-corrected chi connectivity index (χ0v) is 15.2. The van der Waals surface area contributed by atoms with Gasteiger partial charge in [0.15, 0.2) is 6.10 Å². The highest BCUT2D eigenvalue weighted by Crippen LogP contribution is 2.30. The Labute approximate surface area is 155 Å². The van der Waals surface area contributed by atoms with Crippen molar-refractivity contribution in [1.82, 2.24) is 5.32 Å². The van der Waals surface area contributed by atoms with Gasteiger partial charge in [-0.1, -0.05) is 18.2 Å². The maximum atomic E-state index is 12.4. The van der Waals surface area contributed by atoms with Gasteiger partial charge in [0.1, 0.15) is 0 Å². The molecule has 0 saturated carbocycles. The molecule has 1 aliphatic rings. The van der Waals surface area contributed by atoms with E-state index in [1.165, 1.54) is 11.8 Å². The molecule has 1 aromatic carbocycles. The van der Waals surface area contributed by atoms with E-state index in [9.17, 15) is 14.4 Å². The number of benzene rings is 1. The monoisotopic (exact) mass is 372 g/mol. The van der Waals surface area contributed by atoms with Crippen molar-refractivity contribution in [1.29, 1.82) is 0 Å². The van der Waals surface area contributed by atoms with Gasteiger partial charge in [0.25, 0.3) is 5.91 Å². The molecule has 0 fully saturated rings. The van der Waals surface area contributed by atoms with Crippen LogP contribution in [0.25, 0.3) is 0 Å². The van der Waals surface area contributed by atoms with Crippen LogP contribution in [-0.2, 0) is 22.4 Å². The first-order valence-electron chi connectivity index (χ1n) is 8.51. The molecule has 2 aromatic rings. The Kier molecular flexibility index (Phi) is 5.68. The molecular formula is C19H20N2O4S. The number of carbonyl (C=O) groups is 3. The number of thiophene rings is 1. The van der Waals surface area contributed by atoms with Crippen LogP contribution >= 0.6 is 11.3 Å². The van der Waals surface area contributed by atoms with Crippen molar-refractivity contribution in [2.75, 3.05) is 5.32 Å². The number of carbonyl (C=O) groups excluding carboxylic acids is 3. The van der Waals surface area contributed by atoms with Gasteiger partial charge in [-0.3, -0.25) is 10.1 Å². The minimum atomic E-state index is -1.07. The van der Waals surface area contributed by atoms with Crippen molar-refractivity contribution in [2.45, 2.75) is 38.7 Å². The van der Waals surface area contributed by atoms with Gasteiger partial charge < -0.3 is 10.1 Å². The summed E-state index contributed by atoms with van der Waals surface area (Å²) in [6.45, 7) is 1.45. The third-order valence-electron chi connectivity index (χ3n) is 4.20. The van der Waals surface area contributed by atoms with E-state index >= 15 is 0 Å². The van der Waals surface area contributed by atoms with E-state index in [4.69, 9.17) is 4.74 Å². The lowest BCUT2D eigenvalue weighted by Crippen LogP contribution is -2.41. The topological polar surface area (TPSA) is 84.5 Å². The molecule has 26 heavy (non-hydrogen) atoms. The fourth-order valence-electron chi connectivity index (χ4n) is 2.84. The molecule has 1 atom stereocenters. The number of esters is 1. The molecule has 0 radical (unpaired) electrons. The van der Waals surface area contributed by atoms with E-state index < -0.39 is 24.0 Å². The van der Waals surface area contributed by atoms with Crippen LogP contribution < -0.4 is 10.6 Å². The second-order valence-electron chi connectivity index (χ2n) is 6.12. The average Bonchev–Trinajstić information content (AvgIpc) is 3.06. The number of aryl methyl sites for hydroxylation is 1. The maximum absolute atomic E-state index is 12.4. The molecule has 6 nitrogen and oxygen atoms in total. The fourth-order valence-corrected chi connectivity index (χ4v) is 3.96. The highest BCUT2D eigenvalue weighted by Gasteiger charge is 2.25. The number of nitrogens with one attached hydrogen (secondary N) is 2. The molecule has 7 heteroatoms. The van der Waals surface area contributed by atoms with Crippen LogP contribution in [0.2, 0.25) is 0 Å².